The van der Waals surface area contributed by atoms with Gasteiger partial charge >= 0.3 is 0 Å². The Labute approximate surface area is 232 Å². The van der Waals surface area contributed by atoms with Crippen molar-refractivity contribution in [3.05, 3.63) is 103 Å². The van der Waals surface area contributed by atoms with Crippen LogP contribution in [0.15, 0.2) is 123 Å². The van der Waals surface area contributed by atoms with Crippen molar-refractivity contribution >= 4 is 64.5 Å². The van der Waals surface area contributed by atoms with E-state index in [4.69, 9.17) is 11.5 Å². The van der Waals surface area contributed by atoms with E-state index >= 15 is 0 Å². The topological polar surface area (TPSA) is 80.0 Å². The lowest BCUT2D eigenvalue weighted by molar-refractivity contribution is 1.17. The van der Waals surface area contributed by atoms with Crippen LogP contribution in [0.3, 0.4) is 0 Å². The smallest absolute Gasteiger partial charge is 0.0988 e. The third kappa shape index (κ3) is 4.15. The zero-order valence-corrected chi connectivity index (χ0v) is 22.3. The first-order chi connectivity index (χ1) is 19.1. The molecular weight excluding hydrogens is 498 g/mol. The van der Waals surface area contributed by atoms with E-state index < -0.39 is 0 Å². The van der Waals surface area contributed by atoms with Crippen molar-refractivity contribution in [1.82, 2.24) is 0 Å². The summed E-state index contributed by atoms with van der Waals surface area (Å²) in [7, 11) is 0. The Bertz CT molecular complexity index is 1680. The SMILES string of the molecule is C=Nc1c(N=CC)c(-c2ccccc2)c(N)c(N)c1-c1ccc(N2c3ccccc3Sc3ccccc32)cc1. The van der Waals surface area contributed by atoms with Gasteiger partial charge in [-0.05, 0) is 61.2 Å². The van der Waals surface area contributed by atoms with Gasteiger partial charge in [0, 0.05) is 32.8 Å². The summed E-state index contributed by atoms with van der Waals surface area (Å²) in [5, 5.41) is 0. The van der Waals surface area contributed by atoms with Crippen molar-refractivity contribution in [2.24, 2.45) is 9.98 Å². The number of nitrogens with zero attached hydrogens (tertiary/aromatic N) is 3. The fourth-order valence-electron chi connectivity index (χ4n) is 5.12. The largest absolute Gasteiger partial charge is 0.396 e. The van der Waals surface area contributed by atoms with E-state index in [-0.39, 0.29) is 0 Å². The molecule has 0 bridgehead atoms. The summed E-state index contributed by atoms with van der Waals surface area (Å²) in [4.78, 5) is 13.8. The molecule has 0 saturated carbocycles. The number of anilines is 5. The van der Waals surface area contributed by atoms with Crippen LogP contribution in [0.4, 0.5) is 39.8 Å². The Morgan fingerprint density at radius 3 is 1.74 bits per heavy atom. The van der Waals surface area contributed by atoms with Gasteiger partial charge in [0.15, 0.2) is 0 Å². The number of hydrogen-bond donors (Lipinski definition) is 2. The predicted molar refractivity (Wildman–Crippen MR) is 168 cm³/mol. The molecule has 5 aromatic carbocycles. The van der Waals surface area contributed by atoms with Crippen molar-refractivity contribution in [2.75, 3.05) is 16.4 Å². The van der Waals surface area contributed by atoms with E-state index in [1.807, 2.05) is 37.3 Å². The van der Waals surface area contributed by atoms with Gasteiger partial charge in [0.05, 0.1) is 34.1 Å². The van der Waals surface area contributed by atoms with Gasteiger partial charge in [-0.2, -0.15) is 0 Å². The third-order valence-electron chi connectivity index (χ3n) is 6.85. The minimum Gasteiger partial charge on any atom is -0.396 e. The molecule has 1 aliphatic rings. The Hall–Kier alpha value is -4.81. The van der Waals surface area contributed by atoms with Gasteiger partial charge in [-0.3, -0.25) is 9.98 Å². The van der Waals surface area contributed by atoms with E-state index in [0.29, 0.717) is 22.7 Å². The van der Waals surface area contributed by atoms with Crippen LogP contribution in [-0.2, 0) is 0 Å². The standard InChI is InChI=1S/C33H27N5S/c1-3-37-33-29(21-11-5-4-6-12-21)31(35)30(34)28(32(33)36-2)22-17-19-23(20-18-22)38-24-13-7-9-15-26(24)39-27-16-10-8-14-25(27)38/h3-20H,2,34-35H2,1H3. The zero-order valence-electron chi connectivity index (χ0n) is 21.5. The molecule has 0 spiro atoms. The molecule has 0 fully saturated rings. The van der Waals surface area contributed by atoms with Crippen molar-refractivity contribution in [3.63, 3.8) is 0 Å². The average Bonchev–Trinajstić information content (AvgIpc) is 2.98. The Balaban J connectivity index is 1.51. The molecular formula is C33H27N5S. The van der Waals surface area contributed by atoms with Gasteiger partial charge in [-0.15, -0.1) is 0 Å². The van der Waals surface area contributed by atoms with Crippen molar-refractivity contribution in [1.29, 1.82) is 0 Å². The molecule has 1 aliphatic heterocycles. The summed E-state index contributed by atoms with van der Waals surface area (Å²) < 4.78 is 0. The van der Waals surface area contributed by atoms with Gasteiger partial charge in [-0.1, -0.05) is 78.5 Å². The number of nitrogen functional groups attached to an aromatic ring is 2. The molecule has 4 N–H and O–H groups in total. The Morgan fingerprint density at radius 1 is 0.667 bits per heavy atom. The molecule has 5 nitrogen and oxygen atoms in total. The van der Waals surface area contributed by atoms with Crippen molar-refractivity contribution in [2.45, 2.75) is 16.7 Å². The third-order valence-corrected chi connectivity index (χ3v) is 7.98. The number of nitrogens with two attached hydrogens (primary N) is 2. The van der Waals surface area contributed by atoms with Gasteiger partial charge in [0.25, 0.3) is 0 Å². The summed E-state index contributed by atoms with van der Waals surface area (Å²) >= 11 is 1.79. The van der Waals surface area contributed by atoms with Crippen molar-refractivity contribution < 1.29 is 0 Å². The summed E-state index contributed by atoms with van der Waals surface area (Å²) in [5.41, 5.74) is 22.3. The van der Waals surface area contributed by atoms with Crippen LogP contribution >= 0.6 is 11.8 Å². The first-order valence-corrected chi connectivity index (χ1v) is 13.5. The number of fused-ring (bicyclic) bond motifs is 2. The number of hydrogen-bond acceptors (Lipinski definition) is 6. The van der Waals surface area contributed by atoms with E-state index in [9.17, 15) is 0 Å². The predicted octanol–water partition coefficient (Wildman–Crippen LogP) is 9.17. The highest BCUT2D eigenvalue weighted by Crippen LogP contribution is 2.54. The molecule has 0 atom stereocenters. The highest BCUT2D eigenvalue weighted by Gasteiger charge is 2.26. The average molecular weight is 526 g/mol. The summed E-state index contributed by atoms with van der Waals surface area (Å²) in [6.45, 7) is 5.75. The van der Waals surface area contributed by atoms with Crippen LogP contribution in [0, 0.1) is 0 Å². The van der Waals surface area contributed by atoms with Gasteiger partial charge < -0.3 is 16.4 Å². The molecule has 0 unspecified atom stereocenters. The fourth-order valence-corrected chi connectivity index (χ4v) is 6.18. The molecule has 39 heavy (non-hydrogen) atoms. The maximum absolute atomic E-state index is 6.72. The molecule has 190 valence electrons. The number of aliphatic imine (C=N–C) groups is 2. The van der Waals surface area contributed by atoms with E-state index in [0.717, 1.165) is 39.3 Å². The molecule has 1 heterocycles. The Kier molecular flexibility index (Phi) is 6.39. The quantitative estimate of drug-likeness (QED) is 0.174. The van der Waals surface area contributed by atoms with Crippen LogP contribution in [0.5, 0.6) is 0 Å². The first-order valence-electron chi connectivity index (χ1n) is 12.6. The fraction of sp³-hybridized carbons (Fsp3) is 0.0303. The maximum Gasteiger partial charge on any atom is 0.0988 e. The van der Waals surface area contributed by atoms with Gasteiger partial charge in [-0.25, -0.2) is 0 Å². The number of benzene rings is 5. The van der Waals surface area contributed by atoms with Gasteiger partial charge in [0.2, 0.25) is 0 Å². The second-order valence-corrected chi connectivity index (χ2v) is 10.2. The lowest BCUT2D eigenvalue weighted by Crippen LogP contribution is -2.14. The van der Waals surface area contributed by atoms with Crippen LogP contribution < -0.4 is 16.4 Å². The summed E-state index contributed by atoms with van der Waals surface area (Å²) in [6.07, 6.45) is 1.74. The molecule has 6 heteroatoms. The minimum atomic E-state index is 0.462. The van der Waals surface area contributed by atoms with E-state index in [2.05, 4.69) is 94.4 Å². The highest BCUT2D eigenvalue weighted by molar-refractivity contribution is 7.99. The lowest BCUT2D eigenvalue weighted by atomic mass is 9.92. The molecule has 0 aliphatic carbocycles. The molecule has 0 aromatic heterocycles. The second kappa shape index (κ2) is 10.2. The molecule has 0 amide bonds. The lowest BCUT2D eigenvalue weighted by Gasteiger charge is -2.33. The second-order valence-electron chi connectivity index (χ2n) is 9.11. The monoisotopic (exact) mass is 525 g/mol. The van der Waals surface area contributed by atoms with Crippen molar-refractivity contribution in [3.8, 4) is 22.3 Å². The highest BCUT2D eigenvalue weighted by atomic mass is 32.2. The summed E-state index contributed by atoms with van der Waals surface area (Å²) in [5.74, 6) is 0. The Morgan fingerprint density at radius 2 is 1.18 bits per heavy atom. The first kappa shape index (κ1) is 24.5. The molecule has 6 rings (SSSR count). The van der Waals surface area contributed by atoms with Gasteiger partial charge in [0.1, 0.15) is 0 Å². The van der Waals surface area contributed by atoms with E-state index in [1.54, 1.807) is 18.0 Å². The summed E-state index contributed by atoms with van der Waals surface area (Å²) in [6, 6.07) is 35.1. The number of para-hydroxylation sites is 2. The zero-order chi connectivity index (χ0) is 26.9. The van der Waals surface area contributed by atoms with Crippen LogP contribution in [0.1, 0.15) is 6.92 Å². The molecule has 0 saturated heterocycles. The van der Waals surface area contributed by atoms with E-state index in [1.165, 1.54) is 9.79 Å². The molecule has 0 radical (unpaired) electrons. The number of rotatable bonds is 5. The minimum absolute atomic E-state index is 0.462. The maximum atomic E-state index is 6.72. The normalized spacial score (nSPS) is 12.3. The van der Waals surface area contributed by atoms with Crippen LogP contribution in [-0.4, -0.2) is 12.9 Å². The molecule has 5 aromatic rings. The van der Waals surface area contributed by atoms with Crippen LogP contribution in [0.25, 0.3) is 22.3 Å². The van der Waals surface area contributed by atoms with Crippen LogP contribution in [0.2, 0.25) is 0 Å².